The molecule has 1 aliphatic heterocycles. The van der Waals surface area contributed by atoms with Gasteiger partial charge >= 0.3 is 0 Å². The van der Waals surface area contributed by atoms with Gasteiger partial charge in [0.25, 0.3) is 0 Å². The van der Waals surface area contributed by atoms with Gasteiger partial charge in [0.2, 0.25) is 5.91 Å². The van der Waals surface area contributed by atoms with E-state index in [0.29, 0.717) is 0 Å². The summed E-state index contributed by atoms with van der Waals surface area (Å²) in [5.41, 5.74) is 0.102. The summed E-state index contributed by atoms with van der Waals surface area (Å²) in [6.07, 6.45) is 7.67. The van der Waals surface area contributed by atoms with Crippen molar-refractivity contribution in [2.75, 3.05) is 13.7 Å². The van der Waals surface area contributed by atoms with Crippen LogP contribution >= 0.6 is 0 Å². The quantitative estimate of drug-likeness (QED) is 0.924. The zero-order valence-electron chi connectivity index (χ0n) is 14.5. The van der Waals surface area contributed by atoms with Crippen LogP contribution in [0.3, 0.4) is 0 Å². The van der Waals surface area contributed by atoms with Crippen molar-refractivity contribution in [2.24, 2.45) is 0 Å². The van der Waals surface area contributed by atoms with Crippen molar-refractivity contribution >= 4 is 5.91 Å². The fourth-order valence-electron chi connectivity index (χ4n) is 4.82. The molecule has 0 aromatic heterocycles. The molecule has 1 heterocycles. The van der Waals surface area contributed by atoms with E-state index in [0.717, 1.165) is 69.2 Å². The number of ether oxygens (including phenoxy) is 1. The molecule has 0 spiro atoms. The SMILES string of the molecule is COc1ccc(C2(C(=O)N3CCCC3C3(O)CC3)CCCC2)cc1. The van der Waals surface area contributed by atoms with E-state index in [1.165, 1.54) is 0 Å². The molecule has 1 aromatic rings. The molecule has 1 amide bonds. The molecule has 1 unspecified atom stereocenters. The number of aliphatic hydroxyl groups is 1. The lowest BCUT2D eigenvalue weighted by Gasteiger charge is -2.37. The van der Waals surface area contributed by atoms with Crippen molar-refractivity contribution in [1.82, 2.24) is 4.90 Å². The number of hydrogen-bond acceptors (Lipinski definition) is 3. The van der Waals surface area contributed by atoms with E-state index in [2.05, 4.69) is 12.1 Å². The first-order chi connectivity index (χ1) is 11.6. The Kier molecular flexibility index (Phi) is 3.83. The first-order valence-corrected chi connectivity index (χ1v) is 9.27. The highest BCUT2D eigenvalue weighted by molar-refractivity contribution is 5.89. The first kappa shape index (κ1) is 15.9. The highest BCUT2D eigenvalue weighted by atomic mass is 16.5. The molecule has 3 fully saturated rings. The van der Waals surface area contributed by atoms with Crippen molar-refractivity contribution in [3.05, 3.63) is 29.8 Å². The predicted molar refractivity (Wildman–Crippen MR) is 92.1 cm³/mol. The smallest absolute Gasteiger partial charge is 0.233 e. The molecule has 2 aliphatic carbocycles. The van der Waals surface area contributed by atoms with E-state index in [1.807, 2.05) is 17.0 Å². The van der Waals surface area contributed by atoms with Crippen LogP contribution in [0.1, 0.15) is 56.9 Å². The fourth-order valence-corrected chi connectivity index (χ4v) is 4.82. The minimum Gasteiger partial charge on any atom is -0.497 e. The van der Waals surface area contributed by atoms with Gasteiger partial charge in [-0.2, -0.15) is 0 Å². The summed E-state index contributed by atoms with van der Waals surface area (Å²) in [6, 6.07) is 8.05. The largest absolute Gasteiger partial charge is 0.497 e. The minimum absolute atomic E-state index is 0.0284. The molecule has 1 atom stereocenters. The molecular weight excluding hydrogens is 302 g/mol. The lowest BCUT2D eigenvalue weighted by molar-refractivity contribution is -0.141. The van der Waals surface area contributed by atoms with Gasteiger partial charge in [-0.15, -0.1) is 0 Å². The third kappa shape index (κ3) is 2.43. The van der Waals surface area contributed by atoms with Crippen LogP contribution < -0.4 is 4.74 Å². The molecule has 1 saturated heterocycles. The number of rotatable bonds is 4. The molecule has 4 rings (SSSR count). The van der Waals surface area contributed by atoms with Crippen LogP contribution in [-0.4, -0.2) is 41.2 Å². The highest BCUT2D eigenvalue weighted by Crippen LogP contribution is 2.48. The summed E-state index contributed by atoms with van der Waals surface area (Å²) >= 11 is 0. The number of amides is 1. The van der Waals surface area contributed by atoms with E-state index < -0.39 is 11.0 Å². The van der Waals surface area contributed by atoms with Crippen molar-refractivity contribution in [2.45, 2.75) is 68.4 Å². The molecule has 4 nitrogen and oxygen atoms in total. The van der Waals surface area contributed by atoms with Crippen LogP contribution in [0.4, 0.5) is 0 Å². The Bertz CT molecular complexity index is 614. The van der Waals surface area contributed by atoms with Gasteiger partial charge < -0.3 is 14.7 Å². The Morgan fingerprint density at radius 3 is 2.38 bits per heavy atom. The Morgan fingerprint density at radius 2 is 1.79 bits per heavy atom. The van der Waals surface area contributed by atoms with Crippen molar-refractivity contribution in [3.8, 4) is 5.75 Å². The Hall–Kier alpha value is -1.55. The standard InChI is InChI=1S/C20H27NO3/c1-24-16-8-6-15(7-9-16)19(10-2-3-11-19)18(22)21-14-4-5-17(21)20(23)12-13-20/h6-9,17,23H,2-5,10-14H2,1H3. The van der Waals surface area contributed by atoms with E-state index in [9.17, 15) is 9.90 Å². The van der Waals surface area contributed by atoms with Gasteiger partial charge in [0, 0.05) is 6.54 Å². The molecule has 24 heavy (non-hydrogen) atoms. The van der Waals surface area contributed by atoms with Gasteiger partial charge in [-0.3, -0.25) is 4.79 Å². The number of nitrogens with zero attached hydrogens (tertiary/aromatic N) is 1. The maximum atomic E-state index is 13.6. The van der Waals surface area contributed by atoms with Gasteiger partial charge in [-0.05, 0) is 56.2 Å². The normalized spacial score (nSPS) is 27.2. The number of carbonyl (C=O) groups excluding carboxylic acids is 1. The van der Waals surface area contributed by atoms with Gasteiger partial charge in [-0.1, -0.05) is 25.0 Å². The number of likely N-dealkylation sites (tertiary alicyclic amines) is 1. The average Bonchev–Trinajstić information content (AvgIpc) is 3.06. The topological polar surface area (TPSA) is 49.8 Å². The summed E-state index contributed by atoms with van der Waals surface area (Å²) in [7, 11) is 1.66. The van der Waals surface area contributed by atoms with E-state index in [-0.39, 0.29) is 11.9 Å². The van der Waals surface area contributed by atoms with Crippen molar-refractivity contribution < 1.29 is 14.6 Å². The number of hydrogen-bond donors (Lipinski definition) is 1. The van der Waals surface area contributed by atoms with Crippen LogP contribution in [-0.2, 0) is 10.2 Å². The molecule has 3 aliphatic rings. The van der Waals surface area contributed by atoms with Crippen LogP contribution in [0, 0.1) is 0 Å². The summed E-state index contributed by atoms with van der Waals surface area (Å²) in [4.78, 5) is 15.6. The third-order valence-corrected chi connectivity index (χ3v) is 6.41. The molecule has 4 heteroatoms. The molecule has 0 bridgehead atoms. The van der Waals surface area contributed by atoms with E-state index >= 15 is 0 Å². The highest BCUT2D eigenvalue weighted by Gasteiger charge is 2.55. The lowest BCUT2D eigenvalue weighted by atomic mass is 9.77. The third-order valence-electron chi connectivity index (χ3n) is 6.41. The van der Waals surface area contributed by atoms with Crippen LogP contribution in [0.25, 0.3) is 0 Å². The summed E-state index contributed by atoms with van der Waals surface area (Å²) in [6.45, 7) is 0.795. The van der Waals surface area contributed by atoms with Crippen molar-refractivity contribution in [3.63, 3.8) is 0 Å². The lowest BCUT2D eigenvalue weighted by Crippen LogP contribution is -2.51. The van der Waals surface area contributed by atoms with Crippen LogP contribution in [0.2, 0.25) is 0 Å². The van der Waals surface area contributed by atoms with Crippen molar-refractivity contribution in [1.29, 1.82) is 0 Å². The fraction of sp³-hybridized carbons (Fsp3) is 0.650. The van der Waals surface area contributed by atoms with E-state index in [4.69, 9.17) is 4.74 Å². The Balaban J connectivity index is 1.65. The molecule has 0 radical (unpaired) electrons. The second-order valence-electron chi connectivity index (χ2n) is 7.78. The predicted octanol–water partition coefficient (Wildman–Crippen LogP) is 3.02. The monoisotopic (exact) mass is 329 g/mol. The number of carbonyl (C=O) groups is 1. The van der Waals surface area contributed by atoms with Gasteiger partial charge in [0.15, 0.2) is 0 Å². The second kappa shape index (κ2) is 5.76. The summed E-state index contributed by atoms with van der Waals surface area (Å²) in [5, 5.41) is 10.6. The van der Waals surface area contributed by atoms with Gasteiger partial charge in [0.05, 0.1) is 24.2 Å². The number of benzene rings is 1. The minimum atomic E-state index is -0.605. The molecule has 1 N–H and O–H groups in total. The van der Waals surface area contributed by atoms with E-state index in [1.54, 1.807) is 7.11 Å². The maximum Gasteiger partial charge on any atom is 0.233 e. The molecule has 1 aromatic carbocycles. The molecule has 2 saturated carbocycles. The van der Waals surface area contributed by atoms with Crippen LogP contribution in [0.15, 0.2) is 24.3 Å². The Morgan fingerprint density at radius 1 is 1.12 bits per heavy atom. The zero-order chi connectivity index (χ0) is 16.8. The van der Waals surface area contributed by atoms with Gasteiger partial charge in [0.1, 0.15) is 5.75 Å². The second-order valence-corrected chi connectivity index (χ2v) is 7.78. The summed E-state index contributed by atoms with van der Waals surface area (Å²) < 4.78 is 5.27. The zero-order valence-corrected chi connectivity index (χ0v) is 14.5. The van der Waals surface area contributed by atoms with Crippen LogP contribution in [0.5, 0.6) is 5.75 Å². The maximum absolute atomic E-state index is 13.6. The average molecular weight is 329 g/mol. The van der Waals surface area contributed by atoms with Gasteiger partial charge in [-0.25, -0.2) is 0 Å². The summed E-state index contributed by atoms with van der Waals surface area (Å²) in [5.74, 6) is 1.07. The Labute approximate surface area is 143 Å². The molecule has 130 valence electrons. The molecular formula is C20H27NO3. The first-order valence-electron chi connectivity index (χ1n) is 9.27. The number of methoxy groups -OCH3 is 1.